The van der Waals surface area contributed by atoms with Gasteiger partial charge in [-0.05, 0) is 43.6 Å². The smallest absolute Gasteiger partial charge is 0.242 e. The number of nitrogens with one attached hydrogen (secondary N) is 3. The van der Waals surface area contributed by atoms with Gasteiger partial charge in [0.15, 0.2) is 0 Å². The molecule has 0 aliphatic carbocycles. The summed E-state index contributed by atoms with van der Waals surface area (Å²) in [6.07, 6.45) is 1.55. The van der Waals surface area contributed by atoms with Crippen molar-refractivity contribution < 1.29 is 4.79 Å². The van der Waals surface area contributed by atoms with Gasteiger partial charge in [0, 0.05) is 11.7 Å². The molecule has 0 aliphatic rings. The number of anilines is 2. The van der Waals surface area contributed by atoms with E-state index < -0.39 is 6.04 Å². The van der Waals surface area contributed by atoms with Crippen molar-refractivity contribution in [2.45, 2.75) is 39.3 Å². The molecule has 0 aliphatic heterocycles. The molecule has 0 saturated heterocycles. The molecular weight excluding hydrogens is 312 g/mol. The van der Waals surface area contributed by atoms with Crippen LogP contribution < -0.4 is 21.9 Å². The molecule has 106 valence electrons. The molecule has 0 spiro atoms. The highest BCUT2D eigenvalue weighted by atomic mass is 79.9. The average molecular weight is 331 g/mol. The van der Waals surface area contributed by atoms with Crippen LogP contribution in [0.4, 0.5) is 11.8 Å². The van der Waals surface area contributed by atoms with Crippen molar-refractivity contribution in [3.8, 4) is 0 Å². The Hall–Kier alpha value is -1.41. The first-order valence-electron chi connectivity index (χ1n) is 5.80. The Morgan fingerprint density at radius 3 is 2.63 bits per heavy atom. The van der Waals surface area contributed by atoms with Crippen LogP contribution in [0, 0.1) is 0 Å². The van der Waals surface area contributed by atoms with Crippen LogP contribution in [-0.4, -0.2) is 27.5 Å². The maximum absolute atomic E-state index is 12.0. The van der Waals surface area contributed by atoms with Gasteiger partial charge < -0.3 is 10.6 Å². The van der Waals surface area contributed by atoms with E-state index >= 15 is 0 Å². The monoisotopic (exact) mass is 330 g/mol. The molecule has 0 radical (unpaired) electrons. The van der Waals surface area contributed by atoms with Crippen molar-refractivity contribution in [2.75, 3.05) is 10.7 Å². The molecule has 0 saturated carbocycles. The highest BCUT2D eigenvalue weighted by Crippen LogP contribution is 2.20. The van der Waals surface area contributed by atoms with E-state index in [0.717, 1.165) is 0 Å². The molecule has 8 heteroatoms. The standard InChI is InChI=1S/C11H19BrN6O/c1-6(9(19)17-11(2,3)4)15-8-7(12)5-14-10(16-8)18-13/h5-6H,13H2,1-4H3,(H,17,19)(H2,14,15,16,18). The SMILES string of the molecule is CC(Nc1nc(NN)ncc1Br)C(=O)NC(C)(C)C. The predicted molar refractivity (Wildman–Crippen MR) is 78.5 cm³/mol. The zero-order chi connectivity index (χ0) is 14.6. The molecule has 1 aromatic heterocycles. The van der Waals surface area contributed by atoms with Crippen molar-refractivity contribution in [1.82, 2.24) is 15.3 Å². The number of hydrogen-bond acceptors (Lipinski definition) is 6. The van der Waals surface area contributed by atoms with Gasteiger partial charge in [0.25, 0.3) is 0 Å². The van der Waals surface area contributed by atoms with Crippen molar-refractivity contribution in [2.24, 2.45) is 5.84 Å². The molecule has 0 fully saturated rings. The third-order valence-corrected chi connectivity index (χ3v) is 2.70. The lowest BCUT2D eigenvalue weighted by Crippen LogP contribution is -2.47. The number of nitrogen functional groups attached to an aromatic ring is 1. The fourth-order valence-electron chi connectivity index (χ4n) is 1.29. The summed E-state index contributed by atoms with van der Waals surface area (Å²) in [5.74, 6) is 5.91. The van der Waals surface area contributed by atoms with Crippen LogP contribution in [0.25, 0.3) is 0 Å². The highest BCUT2D eigenvalue weighted by Gasteiger charge is 2.20. The van der Waals surface area contributed by atoms with E-state index in [-0.39, 0.29) is 17.4 Å². The fraction of sp³-hybridized carbons (Fsp3) is 0.545. The van der Waals surface area contributed by atoms with Gasteiger partial charge in [-0.25, -0.2) is 10.8 Å². The van der Waals surface area contributed by atoms with Crippen molar-refractivity contribution in [3.63, 3.8) is 0 Å². The Balaban J connectivity index is 2.76. The maximum Gasteiger partial charge on any atom is 0.242 e. The molecule has 0 aromatic carbocycles. The van der Waals surface area contributed by atoms with Gasteiger partial charge in [0.2, 0.25) is 11.9 Å². The molecule has 1 amide bonds. The first-order valence-corrected chi connectivity index (χ1v) is 6.60. The first kappa shape index (κ1) is 15.6. The van der Waals surface area contributed by atoms with E-state index in [0.29, 0.717) is 10.3 Å². The minimum Gasteiger partial charge on any atom is -0.358 e. The van der Waals surface area contributed by atoms with Gasteiger partial charge in [-0.2, -0.15) is 4.98 Å². The summed E-state index contributed by atoms with van der Waals surface area (Å²) in [5, 5.41) is 5.89. The number of hydrazine groups is 1. The topological polar surface area (TPSA) is 105 Å². The minimum atomic E-state index is -0.434. The van der Waals surface area contributed by atoms with Crippen LogP contribution in [0.1, 0.15) is 27.7 Å². The Morgan fingerprint density at radius 2 is 2.11 bits per heavy atom. The number of rotatable bonds is 4. The van der Waals surface area contributed by atoms with Crippen LogP contribution >= 0.6 is 15.9 Å². The van der Waals surface area contributed by atoms with Gasteiger partial charge in [-0.3, -0.25) is 10.2 Å². The average Bonchev–Trinajstić information content (AvgIpc) is 2.29. The summed E-state index contributed by atoms with van der Waals surface area (Å²) in [6, 6.07) is -0.434. The van der Waals surface area contributed by atoms with E-state index in [1.54, 1.807) is 13.1 Å². The number of amides is 1. The van der Waals surface area contributed by atoms with E-state index in [9.17, 15) is 4.79 Å². The number of carbonyl (C=O) groups excluding carboxylic acids is 1. The zero-order valence-corrected chi connectivity index (χ0v) is 13.0. The van der Waals surface area contributed by atoms with Crippen LogP contribution in [0.3, 0.4) is 0 Å². The summed E-state index contributed by atoms with van der Waals surface area (Å²) in [7, 11) is 0. The largest absolute Gasteiger partial charge is 0.358 e. The van der Waals surface area contributed by atoms with E-state index in [4.69, 9.17) is 5.84 Å². The van der Waals surface area contributed by atoms with Gasteiger partial charge in [0.1, 0.15) is 11.9 Å². The highest BCUT2D eigenvalue weighted by molar-refractivity contribution is 9.10. The minimum absolute atomic E-state index is 0.111. The molecule has 1 heterocycles. The molecule has 19 heavy (non-hydrogen) atoms. The van der Waals surface area contributed by atoms with Gasteiger partial charge in [-0.15, -0.1) is 0 Å². The number of nitrogens with two attached hydrogens (primary N) is 1. The third kappa shape index (κ3) is 4.99. The Bertz CT molecular complexity index is 459. The Morgan fingerprint density at radius 1 is 1.47 bits per heavy atom. The third-order valence-electron chi connectivity index (χ3n) is 2.12. The molecule has 1 rings (SSSR count). The molecule has 1 unspecified atom stereocenters. The summed E-state index contributed by atoms with van der Waals surface area (Å²) in [4.78, 5) is 20.0. The van der Waals surface area contributed by atoms with Crippen molar-refractivity contribution in [1.29, 1.82) is 0 Å². The number of hydrogen-bond donors (Lipinski definition) is 4. The van der Waals surface area contributed by atoms with Gasteiger partial charge >= 0.3 is 0 Å². The van der Waals surface area contributed by atoms with E-state index in [1.807, 2.05) is 20.8 Å². The van der Waals surface area contributed by atoms with E-state index in [1.165, 1.54) is 0 Å². The maximum atomic E-state index is 12.0. The second-order valence-electron chi connectivity index (χ2n) is 5.14. The quantitative estimate of drug-likeness (QED) is 0.489. The molecule has 5 N–H and O–H groups in total. The lowest BCUT2D eigenvalue weighted by molar-refractivity contribution is -0.122. The molecule has 0 bridgehead atoms. The molecule has 1 atom stereocenters. The normalized spacial score (nSPS) is 12.7. The van der Waals surface area contributed by atoms with Gasteiger partial charge in [0.05, 0.1) is 4.47 Å². The van der Waals surface area contributed by atoms with Crippen LogP contribution in [0.15, 0.2) is 10.7 Å². The summed E-state index contributed by atoms with van der Waals surface area (Å²) in [5.41, 5.74) is 2.07. The zero-order valence-electron chi connectivity index (χ0n) is 11.4. The number of halogens is 1. The number of aromatic nitrogens is 2. The second-order valence-corrected chi connectivity index (χ2v) is 5.99. The molecule has 1 aromatic rings. The predicted octanol–water partition coefficient (Wildman–Crippen LogP) is 1.24. The lowest BCUT2D eigenvalue weighted by Gasteiger charge is -2.24. The second kappa shape index (κ2) is 6.16. The molecule has 7 nitrogen and oxygen atoms in total. The van der Waals surface area contributed by atoms with E-state index in [2.05, 4.69) is 42.0 Å². The van der Waals surface area contributed by atoms with Crippen molar-refractivity contribution >= 4 is 33.6 Å². The molecular formula is C11H19BrN6O. The summed E-state index contributed by atoms with van der Waals surface area (Å²) >= 11 is 3.31. The number of carbonyl (C=O) groups is 1. The fourth-order valence-corrected chi connectivity index (χ4v) is 1.59. The van der Waals surface area contributed by atoms with Crippen molar-refractivity contribution in [3.05, 3.63) is 10.7 Å². The van der Waals surface area contributed by atoms with Crippen LogP contribution in [0.5, 0.6) is 0 Å². The lowest BCUT2D eigenvalue weighted by atomic mass is 10.1. The first-order chi connectivity index (χ1) is 8.73. The van der Waals surface area contributed by atoms with Gasteiger partial charge in [-0.1, -0.05) is 0 Å². The Kier molecular flexibility index (Phi) is 5.07. The van der Waals surface area contributed by atoms with Crippen LogP contribution in [0.2, 0.25) is 0 Å². The van der Waals surface area contributed by atoms with Crippen LogP contribution in [-0.2, 0) is 4.79 Å². The Labute approximate surface area is 120 Å². The number of nitrogens with zero attached hydrogens (tertiary/aromatic N) is 2. The summed E-state index contributed by atoms with van der Waals surface area (Å²) in [6.45, 7) is 7.53. The summed E-state index contributed by atoms with van der Waals surface area (Å²) < 4.78 is 0.655.